The number of aliphatic hydroxyl groups excluding tert-OH is 1. The number of hydrogen-bond donors (Lipinski definition) is 1. The van der Waals surface area contributed by atoms with Crippen molar-refractivity contribution < 1.29 is 14.3 Å². The van der Waals surface area contributed by atoms with Crippen LogP contribution in [0.15, 0.2) is 24.3 Å². The molecule has 2 aliphatic rings. The lowest BCUT2D eigenvalue weighted by atomic mass is 9.83. The Bertz CT molecular complexity index is 491. The second-order valence-electron chi connectivity index (χ2n) is 5.60. The van der Waals surface area contributed by atoms with Gasteiger partial charge in [-0.15, -0.1) is 0 Å². The molecule has 1 aromatic rings. The van der Waals surface area contributed by atoms with Crippen LogP contribution in [0.3, 0.4) is 0 Å². The molecule has 2 fully saturated rings. The van der Waals surface area contributed by atoms with Gasteiger partial charge in [-0.25, -0.2) is 4.39 Å². The molecular weight excluding hydrogens is 245 g/mol. The van der Waals surface area contributed by atoms with Crippen LogP contribution in [0.1, 0.15) is 31.2 Å². The van der Waals surface area contributed by atoms with Gasteiger partial charge in [0.1, 0.15) is 5.82 Å². The van der Waals surface area contributed by atoms with Gasteiger partial charge in [0.25, 0.3) is 0 Å². The van der Waals surface area contributed by atoms with Crippen molar-refractivity contribution in [2.45, 2.75) is 44.4 Å². The molecular formula is C15H18FNO2. The quantitative estimate of drug-likeness (QED) is 0.887. The Morgan fingerprint density at radius 2 is 2.21 bits per heavy atom. The molecule has 1 saturated carbocycles. The molecule has 1 unspecified atom stereocenters. The van der Waals surface area contributed by atoms with E-state index in [0.717, 1.165) is 24.8 Å². The van der Waals surface area contributed by atoms with Crippen LogP contribution in [0, 0.1) is 11.7 Å². The van der Waals surface area contributed by atoms with Gasteiger partial charge in [0.15, 0.2) is 0 Å². The van der Waals surface area contributed by atoms with E-state index in [0.29, 0.717) is 13.0 Å². The number of carbonyl (C=O) groups is 1. The zero-order chi connectivity index (χ0) is 13.4. The van der Waals surface area contributed by atoms with Gasteiger partial charge in [0, 0.05) is 13.0 Å². The van der Waals surface area contributed by atoms with Crippen molar-refractivity contribution in [2.75, 3.05) is 0 Å². The number of halogens is 1. The third-order valence-electron chi connectivity index (χ3n) is 4.31. The maximum absolute atomic E-state index is 13.2. The Kier molecular flexibility index (Phi) is 3.27. The number of carbonyl (C=O) groups excluding carboxylic acids is 1. The number of fused-ring (bicyclic) bond motifs is 1. The van der Waals surface area contributed by atoms with Gasteiger partial charge in [0.2, 0.25) is 5.91 Å². The first-order valence-corrected chi connectivity index (χ1v) is 6.87. The van der Waals surface area contributed by atoms with Gasteiger partial charge in [-0.3, -0.25) is 4.79 Å². The summed E-state index contributed by atoms with van der Waals surface area (Å²) in [5, 5.41) is 10.1. The van der Waals surface area contributed by atoms with E-state index in [1.54, 1.807) is 11.0 Å². The van der Waals surface area contributed by atoms with Crippen molar-refractivity contribution in [3.63, 3.8) is 0 Å². The second kappa shape index (κ2) is 4.93. The van der Waals surface area contributed by atoms with Crippen LogP contribution >= 0.6 is 0 Å². The van der Waals surface area contributed by atoms with Crippen molar-refractivity contribution in [2.24, 2.45) is 5.92 Å². The highest BCUT2D eigenvalue weighted by Gasteiger charge is 2.45. The largest absolute Gasteiger partial charge is 0.391 e. The van der Waals surface area contributed by atoms with Crippen LogP contribution in [0.4, 0.5) is 4.39 Å². The van der Waals surface area contributed by atoms with E-state index in [2.05, 4.69) is 0 Å². The van der Waals surface area contributed by atoms with Crippen molar-refractivity contribution >= 4 is 5.91 Å². The third kappa shape index (κ3) is 2.37. The van der Waals surface area contributed by atoms with Crippen molar-refractivity contribution in [1.82, 2.24) is 4.90 Å². The Hall–Kier alpha value is -1.42. The summed E-state index contributed by atoms with van der Waals surface area (Å²) in [4.78, 5) is 13.8. The summed E-state index contributed by atoms with van der Waals surface area (Å²) in [6.07, 6.45) is 2.85. The van der Waals surface area contributed by atoms with Crippen molar-refractivity contribution in [1.29, 1.82) is 0 Å². The van der Waals surface area contributed by atoms with Crippen LogP contribution in [-0.2, 0) is 11.3 Å². The molecule has 1 aliphatic heterocycles. The maximum atomic E-state index is 13.2. The van der Waals surface area contributed by atoms with E-state index in [9.17, 15) is 14.3 Å². The molecule has 0 spiro atoms. The number of aliphatic hydroxyl groups is 1. The minimum Gasteiger partial charge on any atom is -0.391 e. The predicted molar refractivity (Wildman–Crippen MR) is 68.7 cm³/mol. The van der Waals surface area contributed by atoms with Gasteiger partial charge < -0.3 is 10.0 Å². The summed E-state index contributed by atoms with van der Waals surface area (Å²) in [5.74, 6) is 0.0647. The van der Waals surface area contributed by atoms with E-state index in [4.69, 9.17) is 0 Å². The summed E-state index contributed by atoms with van der Waals surface area (Å²) in [5.41, 5.74) is 0.784. The number of rotatable bonds is 2. The lowest BCUT2D eigenvalue weighted by Gasteiger charge is -2.35. The molecule has 0 aromatic heterocycles. The molecule has 0 radical (unpaired) electrons. The molecule has 1 amide bonds. The highest BCUT2D eigenvalue weighted by Crippen LogP contribution is 2.37. The molecule has 1 aromatic carbocycles. The number of amides is 1. The lowest BCUT2D eigenvalue weighted by molar-refractivity contribution is -0.131. The zero-order valence-electron chi connectivity index (χ0n) is 10.8. The topological polar surface area (TPSA) is 40.5 Å². The Balaban J connectivity index is 1.81. The molecule has 3 nitrogen and oxygen atoms in total. The van der Waals surface area contributed by atoms with Gasteiger partial charge in [0.05, 0.1) is 12.1 Å². The second-order valence-corrected chi connectivity index (χ2v) is 5.60. The molecule has 0 bridgehead atoms. The van der Waals surface area contributed by atoms with Crippen LogP contribution in [0.2, 0.25) is 0 Å². The van der Waals surface area contributed by atoms with Gasteiger partial charge >= 0.3 is 0 Å². The average Bonchev–Trinajstić information content (AvgIpc) is 2.67. The minimum absolute atomic E-state index is 0.0792. The lowest BCUT2D eigenvalue weighted by Crippen LogP contribution is -2.45. The van der Waals surface area contributed by atoms with Gasteiger partial charge in [-0.2, -0.15) is 0 Å². The van der Waals surface area contributed by atoms with Crippen LogP contribution in [0.5, 0.6) is 0 Å². The monoisotopic (exact) mass is 263 g/mol. The normalized spacial score (nSPS) is 30.5. The number of nitrogens with zero attached hydrogens (tertiary/aromatic N) is 1. The molecule has 19 heavy (non-hydrogen) atoms. The fraction of sp³-hybridized carbons (Fsp3) is 0.533. The summed E-state index contributed by atoms with van der Waals surface area (Å²) in [6, 6.07) is 6.24. The number of likely N-dealkylation sites (tertiary alicyclic amines) is 1. The summed E-state index contributed by atoms with van der Waals surface area (Å²) in [7, 11) is 0. The Morgan fingerprint density at radius 1 is 1.37 bits per heavy atom. The smallest absolute Gasteiger partial charge is 0.223 e. The summed E-state index contributed by atoms with van der Waals surface area (Å²) < 4.78 is 13.2. The van der Waals surface area contributed by atoms with Gasteiger partial charge in [-0.1, -0.05) is 18.6 Å². The molecule has 1 saturated heterocycles. The fourth-order valence-corrected chi connectivity index (χ4v) is 3.46. The van der Waals surface area contributed by atoms with E-state index in [1.807, 2.05) is 6.07 Å². The van der Waals surface area contributed by atoms with Crippen LogP contribution in [-0.4, -0.2) is 28.1 Å². The number of benzene rings is 1. The fourth-order valence-electron chi connectivity index (χ4n) is 3.46. The van der Waals surface area contributed by atoms with Gasteiger partial charge in [-0.05, 0) is 36.5 Å². The highest BCUT2D eigenvalue weighted by atomic mass is 19.1. The first-order chi connectivity index (χ1) is 9.15. The van der Waals surface area contributed by atoms with Crippen LogP contribution < -0.4 is 0 Å². The predicted octanol–water partition coefficient (Wildman–Crippen LogP) is 2.09. The molecule has 3 atom stereocenters. The SMILES string of the molecule is O=C1C[C@H]2CCCC(O)[C@H]2N1Cc1cccc(F)c1. The average molecular weight is 263 g/mol. The first-order valence-electron chi connectivity index (χ1n) is 6.87. The van der Waals surface area contributed by atoms with Crippen molar-refractivity contribution in [3.05, 3.63) is 35.6 Å². The van der Waals surface area contributed by atoms with E-state index in [1.165, 1.54) is 12.1 Å². The van der Waals surface area contributed by atoms with E-state index >= 15 is 0 Å². The maximum Gasteiger partial charge on any atom is 0.223 e. The molecule has 1 N–H and O–H groups in total. The first kappa shape index (κ1) is 12.6. The number of hydrogen-bond acceptors (Lipinski definition) is 2. The van der Waals surface area contributed by atoms with E-state index in [-0.39, 0.29) is 23.7 Å². The Labute approximate surface area is 112 Å². The molecule has 1 heterocycles. The summed E-state index contributed by atoms with van der Waals surface area (Å²) >= 11 is 0. The zero-order valence-corrected chi connectivity index (χ0v) is 10.8. The highest BCUT2D eigenvalue weighted by molar-refractivity contribution is 5.79. The van der Waals surface area contributed by atoms with E-state index < -0.39 is 6.10 Å². The van der Waals surface area contributed by atoms with Crippen molar-refractivity contribution in [3.8, 4) is 0 Å². The standard InChI is InChI=1S/C15H18FNO2/c16-12-5-1-3-10(7-12)9-17-14(19)8-11-4-2-6-13(18)15(11)17/h1,3,5,7,11,13,15,18H,2,4,6,8-9H2/t11-,13?,15+/m1/s1. The third-order valence-corrected chi connectivity index (χ3v) is 4.31. The van der Waals surface area contributed by atoms with Crippen LogP contribution in [0.25, 0.3) is 0 Å². The molecule has 1 aliphatic carbocycles. The molecule has 4 heteroatoms. The Morgan fingerprint density at radius 3 is 3.00 bits per heavy atom. The minimum atomic E-state index is -0.432. The summed E-state index contributed by atoms with van der Waals surface area (Å²) in [6.45, 7) is 0.398. The molecule has 3 rings (SSSR count). The molecule has 102 valence electrons.